The molecule has 5 nitrogen and oxygen atoms in total. The van der Waals surface area contributed by atoms with Gasteiger partial charge in [-0.2, -0.15) is 0 Å². The molecular weight excluding hydrogens is 294 g/mol. The summed E-state index contributed by atoms with van der Waals surface area (Å²) in [5.74, 6) is 0.327. The van der Waals surface area contributed by atoms with Crippen LogP contribution in [-0.4, -0.2) is 22.5 Å². The van der Waals surface area contributed by atoms with Crippen LogP contribution in [0.5, 0.6) is 5.75 Å². The number of ether oxygens (including phenoxy) is 1. The standard InChI is InChI=1S/C13H13N3O2S2/c1-8-6-15-13(20-8)16-11(17)7-18-10-4-2-9(3-5-10)12(14)19/h2-6H,7H2,1H3,(H2,14,19)(H,15,16,17). The van der Waals surface area contributed by atoms with Gasteiger partial charge in [0.2, 0.25) is 0 Å². The van der Waals surface area contributed by atoms with Crippen LogP contribution in [0.15, 0.2) is 30.5 Å². The van der Waals surface area contributed by atoms with Crippen molar-refractivity contribution in [3.8, 4) is 5.75 Å². The van der Waals surface area contributed by atoms with E-state index in [1.807, 2.05) is 6.92 Å². The molecule has 0 spiro atoms. The number of carbonyl (C=O) groups excluding carboxylic acids is 1. The van der Waals surface area contributed by atoms with Crippen molar-refractivity contribution in [1.29, 1.82) is 0 Å². The van der Waals surface area contributed by atoms with E-state index in [9.17, 15) is 4.79 Å². The van der Waals surface area contributed by atoms with Crippen LogP contribution in [-0.2, 0) is 4.79 Å². The molecule has 1 aromatic carbocycles. The van der Waals surface area contributed by atoms with Crippen molar-refractivity contribution in [2.75, 3.05) is 11.9 Å². The summed E-state index contributed by atoms with van der Waals surface area (Å²) in [5.41, 5.74) is 6.25. The normalized spacial score (nSPS) is 10.1. The summed E-state index contributed by atoms with van der Waals surface area (Å²) in [6, 6.07) is 6.93. The summed E-state index contributed by atoms with van der Waals surface area (Å²) in [5, 5.41) is 3.23. The zero-order valence-electron chi connectivity index (χ0n) is 10.8. The number of aromatic nitrogens is 1. The van der Waals surface area contributed by atoms with Crippen molar-refractivity contribution in [3.05, 3.63) is 40.9 Å². The highest BCUT2D eigenvalue weighted by Crippen LogP contribution is 2.16. The molecule has 0 saturated carbocycles. The van der Waals surface area contributed by atoms with Crippen molar-refractivity contribution >= 4 is 39.6 Å². The van der Waals surface area contributed by atoms with Gasteiger partial charge in [0.1, 0.15) is 10.7 Å². The highest BCUT2D eigenvalue weighted by atomic mass is 32.1. The van der Waals surface area contributed by atoms with E-state index in [0.717, 1.165) is 10.4 Å². The van der Waals surface area contributed by atoms with Crippen LogP contribution in [0.25, 0.3) is 0 Å². The molecule has 1 heterocycles. The topological polar surface area (TPSA) is 77.2 Å². The second-order valence-electron chi connectivity index (χ2n) is 4.00. The average molecular weight is 307 g/mol. The van der Waals surface area contributed by atoms with Crippen LogP contribution >= 0.6 is 23.6 Å². The number of benzene rings is 1. The van der Waals surface area contributed by atoms with E-state index in [-0.39, 0.29) is 12.5 Å². The number of hydrogen-bond donors (Lipinski definition) is 2. The third-order valence-corrected chi connectivity index (χ3v) is 3.44. The number of hydrogen-bond acceptors (Lipinski definition) is 5. The maximum absolute atomic E-state index is 11.7. The van der Waals surface area contributed by atoms with Gasteiger partial charge in [0.05, 0.1) is 0 Å². The van der Waals surface area contributed by atoms with Crippen LogP contribution in [0.3, 0.4) is 0 Å². The Balaban J connectivity index is 1.85. The molecule has 0 bridgehead atoms. The lowest BCUT2D eigenvalue weighted by Crippen LogP contribution is -2.20. The van der Waals surface area contributed by atoms with Crippen LogP contribution in [0, 0.1) is 6.92 Å². The molecule has 1 amide bonds. The fourth-order valence-electron chi connectivity index (χ4n) is 1.43. The first kappa shape index (κ1) is 14.4. The summed E-state index contributed by atoms with van der Waals surface area (Å²) in [4.78, 5) is 17.1. The minimum Gasteiger partial charge on any atom is -0.484 e. The Morgan fingerprint density at radius 1 is 1.45 bits per heavy atom. The summed E-state index contributed by atoms with van der Waals surface area (Å²) in [6.07, 6.45) is 1.70. The van der Waals surface area contributed by atoms with E-state index in [2.05, 4.69) is 10.3 Å². The van der Waals surface area contributed by atoms with Gasteiger partial charge >= 0.3 is 0 Å². The van der Waals surface area contributed by atoms with Gasteiger partial charge in [0.25, 0.3) is 5.91 Å². The number of nitrogens with one attached hydrogen (secondary N) is 1. The molecule has 2 rings (SSSR count). The molecule has 0 aliphatic heterocycles. The smallest absolute Gasteiger partial charge is 0.264 e. The predicted molar refractivity (Wildman–Crippen MR) is 83.3 cm³/mol. The van der Waals surface area contributed by atoms with Gasteiger partial charge in [0, 0.05) is 16.6 Å². The minimum atomic E-state index is -0.252. The third kappa shape index (κ3) is 4.01. The first-order chi connectivity index (χ1) is 9.54. The maximum Gasteiger partial charge on any atom is 0.264 e. The lowest BCUT2D eigenvalue weighted by atomic mass is 10.2. The summed E-state index contributed by atoms with van der Waals surface area (Å²) >= 11 is 6.27. The number of nitrogens with zero attached hydrogens (tertiary/aromatic N) is 1. The highest BCUT2D eigenvalue weighted by molar-refractivity contribution is 7.80. The molecule has 0 radical (unpaired) electrons. The molecule has 20 heavy (non-hydrogen) atoms. The van der Waals surface area contributed by atoms with Gasteiger partial charge < -0.3 is 10.5 Å². The number of thiocarbonyl (C=S) groups is 1. The number of rotatable bonds is 5. The van der Waals surface area contributed by atoms with Crippen LogP contribution < -0.4 is 15.8 Å². The molecule has 0 saturated heterocycles. The lowest BCUT2D eigenvalue weighted by Gasteiger charge is -2.06. The molecule has 104 valence electrons. The number of thiazole rings is 1. The lowest BCUT2D eigenvalue weighted by molar-refractivity contribution is -0.118. The quantitative estimate of drug-likeness (QED) is 0.827. The molecule has 0 unspecified atom stereocenters. The fraction of sp³-hybridized carbons (Fsp3) is 0.154. The van der Waals surface area contributed by atoms with Crippen LogP contribution in [0.1, 0.15) is 10.4 Å². The average Bonchev–Trinajstić information content (AvgIpc) is 2.82. The molecule has 0 atom stereocenters. The molecule has 3 N–H and O–H groups in total. The van der Waals surface area contributed by atoms with Gasteiger partial charge in [-0.1, -0.05) is 12.2 Å². The summed E-state index contributed by atoms with van der Waals surface area (Å²) < 4.78 is 5.36. The fourth-order valence-corrected chi connectivity index (χ4v) is 2.25. The minimum absolute atomic E-state index is 0.0783. The number of carbonyl (C=O) groups is 1. The molecule has 0 aliphatic rings. The number of nitrogens with two attached hydrogens (primary N) is 1. The van der Waals surface area contributed by atoms with Gasteiger partial charge in [-0.05, 0) is 31.2 Å². The molecular formula is C13H13N3O2S2. The molecule has 2 aromatic rings. The second-order valence-corrected chi connectivity index (χ2v) is 5.68. The van der Waals surface area contributed by atoms with Crippen LogP contribution in [0.4, 0.5) is 5.13 Å². The number of aryl methyl sites for hydroxylation is 1. The van der Waals surface area contributed by atoms with Gasteiger partial charge in [-0.25, -0.2) is 4.98 Å². The van der Waals surface area contributed by atoms with Crippen molar-refractivity contribution < 1.29 is 9.53 Å². The van der Waals surface area contributed by atoms with Crippen molar-refractivity contribution in [1.82, 2.24) is 4.98 Å². The molecule has 1 aromatic heterocycles. The Hall–Kier alpha value is -1.99. The van der Waals surface area contributed by atoms with Crippen LogP contribution in [0.2, 0.25) is 0 Å². The van der Waals surface area contributed by atoms with Crippen molar-refractivity contribution in [3.63, 3.8) is 0 Å². The SMILES string of the molecule is Cc1cnc(NC(=O)COc2ccc(C(N)=S)cc2)s1. The van der Waals surface area contributed by atoms with Crippen molar-refractivity contribution in [2.45, 2.75) is 6.92 Å². The van der Waals surface area contributed by atoms with E-state index < -0.39 is 0 Å². The summed E-state index contributed by atoms with van der Waals surface area (Å²) in [7, 11) is 0. The Bertz CT molecular complexity index is 623. The first-order valence-corrected chi connectivity index (χ1v) is 7.02. The zero-order chi connectivity index (χ0) is 14.5. The zero-order valence-corrected chi connectivity index (χ0v) is 12.4. The Morgan fingerprint density at radius 2 is 2.15 bits per heavy atom. The molecule has 0 aliphatic carbocycles. The van der Waals surface area contributed by atoms with E-state index >= 15 is 0 Å². The van der Waals surface area contributed by atoms with Gasteiger partial charge in [-0.15, -0.1) is 11.3 Å². The van der Waals surface area contributed by atoms with E-state index in [1.165, 1.54) is 11.3 Å². The Morgan fingerprint density at radius 3 is 2.70 bits per heavy atom. The van der Waals surface area contributed by atoms with E-state index in [1.54, 1.807) is 30.5 Å². The maximum atomic E-state index is 11.7. The molecule has 7 heteroatoms. The van der Waals surface area contributed by atoms with E-state index in [4.69, 9.17) is 22.7 Å². The third-order valence-electron chi connectivity index (χ3n) is 2.38. The molecule has 0 fully saturated rings. The Kier molecular flexibility index (Phi) is 4.65. The highest BCUT2D eigenvalue weighted by Gasteiger charge is 2.06. The largest absolute Gasteiger partial charge is 0.484 e. The Labute approximate surface area is 125 Å². The number of amides is 1. The second kappa shape index (κ2) is 6.44. The van der Waals surface area contributed by atoms with Gasteiger partial charge in [0.15, 0.2) is 11.7 Å². The monoisotopic (exact) mass is 307 g/mol. The number of anilines is 1. The summed E-state index contributed by atoms with van der Waals surface area (Å²) in [6.45, 7) is 1.85. The van der Waals surface area contributed by atoms with E-state index in [0.29, 0.717) is 15.9 Å². The van der Waals surface area contributed by atoms with Gasteiger partial charge in [-0.3, -0.25) is 10.1 Å². The van der Waals surface area contributed by atoms with Crippen molar-refractivity contribution in [2.24, 2.45) is 5.73 Å². The first-order valence-electron chi connectivity index (χ1n) is 5.79. The predicted octanol–water partition coefficient (Wildman–Crippen LogP) is 2.10.